The van der Waals surface area contributed by atoms with Gasteiger partial charge in [0.15, 0.2) is 0 Å². The number of carbonyl (C=O) groups is 4. The maximum atomic E-state index is 13.2. The number of nitrogens with one attached hydrogen (secondary N) is 2. The number of rotatable bonds is 6. The molecule has 2 aliphatic rings. The topological polar surface area (TPSA) is 161 Å². The number of methoxy groups -OCH3 is 1. The number of fused-ring (bicyclic) bond motifs is 1. The standard InChI is InChI=1S/C25H30N4O9S2/c1-5-38-24(33)28-11-10-17-18(12-28)39-22(19(17)21(31)27-23(32)36-4)26-20(30)15-6-8-16(9-7-15)40(34,35)29-14-37-13-25(29,2)3/h6-9H,5,10-14H2,1-4H3,(H,26,30)(H,27,31,32). The number of carbonyl (C=O) groups excluding carboxylic acids is 4. The molecule has 1 aromatic carbocycles. The molecule has 15 heteroatoms. The van der Waals surface area contributed by atoms with Gasteiger partial charge < -0.3 is 24.4 Å². The highest BCUT2D eigenvalue weighted by Gasteiger charge is 2.42. The molecule has 0 bridgehead atoms. The summed E-state index contributed by atoms with van der Waals surface area (Å²) >= 11 is 1.10. The Morgan fingerprint density at radius 3 is 2.42 bits per heavy atom. The second-order valence-corrected chi connectivity index (χ2v) is 12.6. The van der Waals surface area contributed by atoms with E-state index in [4.69, 9.17) is 9.47 Å². The summed E-state index contributed by atoms with van der Waals surface area (Å²) in [7, 11) is -2.74. The Morgan fingerprint density at radius 1 is 1.12 bits per heavy atom. The average Bonchev–Trinajstić information content (AvgIpc) is 3.47. The number of imide groups is 1. The van der Waals surface area contributed by atoms with Crippen molar-refractivity contribution in [3.63, 3.8) is 0 Å². The Bertz CT molecular complexity index is 1430. The van der Waals surface area contributed by atoms with Crippen molar-refractivity contribution in [3.8, 4) is 0 Å². The second kappa shape index (κ2) is 11.5. The molecule has 4 amide bonds. The molecule has 2 aliphatic heterocycles. The molecule has 4 rings (SSSR count). The lowest BCUT2D eigenvalue weighted by Gasteiger charge is -2.28. The lowest BCUT2D eigenvalue weighted by Crippen LogP contribution is -2.44. The molecule has 1 aromatic heterocycles. The van der Waals surface area contributed by atoms with E-state index in [0.717, 1.165) is 18.4 Å². The van der Waals surface area contributed by atoms with E-state index in [1.165, 1.54) is 33.5 Å². The van der Waals surface area contributed by atoms with Crippen molar-refractivity contribution in [2.24, 2.45) is 0 Å². The molecule has 2 aromatic rings. The predicted molar refractivity (Wildman–Crippen MR) is 144 cm³/mol. The number of sulfonamides is 1. The number of alkyl carbamates (subject to hydrolysis) is 1. The molecule has 3 heterocycles. The molecular weight excluding hydrogens is 564 g/mol. The van der Waals surface area contributed by atoms with Crippen LogP contribution in [0.25, 0.3) is 0 Å². The highest BCUT2D eigenvalue weighted by molar-refractivity contribution is 7.89. The Labute approximate surface area is 235 Å². The van der Waals surface area contributed by atoms with Gasteiger partial charge in [0.2, 0.25) is 10.0 Å². The molecule has 40 heavy (non-hydrogen) atoms. The van der Waals surface area contributed by atoms with Crippen molar-refractivity contribution >= 4 is 50.4 Å². The molecule has 0 aliphatic carbocycles. The zero-order chi connectivity index (χ0) is 29.2. The number of ether oxygens (including phenoxy) is 3. The summed E-state index contributed by atoms with van der Waals surface area (Å²) in [6, 6.07) is 5.41. The SMILES string of the molecule is CCOC(=O)N1CCc2c(sc(NC(=O)c3ccc(S(=O)(=O)N4COCC4(C)C)cc3)c2C(=O)NC(=O)OC)C1. The second-order valence-electron chi connectivity index (χ2n) is 9.65. The van der Waals surface area contributed by atoms with Gasteiger partial charge in [0, 0.05) is 17.0 Å². The summed E-state index contributed by atoms with van der Waals surface area (Å²) in [4.78, 5) is 52.3. The zero-order valence-corrected chi connectivity index (χ0v) is 24.1. The van der Waals surface area contributed by atoms with E-state index in [-0.39, 0.29) is 54.1 Å². The van der Waals surface area contributed by atoms with E-state index in [1.807, 2.05) is 0 Å². The number of benzene rings is 1. The quantitative estimate of drug-likeness (QED) is 0.512. The van der Waals surface area contributed by atoms with Gasteiger partial charge in [-0.2, -0.15) is 4.31 Å². The van der Waals surface area contributed by atoms with Crippen LogP contribution in [0.1, 0.15) is 51.9 Å². The fraction of sp³-hybridized carbons (Fsp3) is 0.440. The van der Waals surface area contributed by atoms with Crippen molar-refractivity contribution in [1.82, 2.24) is 14.5 Å². The lowest BCUT2D eigenvalue weighted by molar-refractivity contribution is 0.0936. The summed E-state index contributed by atoms with van der Waals surface area (Å²) in [6.07, 6.45) is -1.16. The van der Waals surface area contributed by atoms with E-state index < -0.39 is 39.6 Å². The zero-order valence-electron chi connectivity index (χ0n) is 22.4. The van der Waals surface area contributed by atoms with Crippen molar-refractivity contribution in [2.75, 3.05) is 38.9 Å². The third-order valence-electron chi connectivity index (χ3n) is 6.48. The van der Waals surface area contributed by atoms with Crippen LogP contribution in [-0.4, -0.2) is 80.8 Å². The van der Waals surface area contributed by atoms with Crippen LogP contribution in [0.2, 0.25) is 0 Å². The van der Waals surface area contributed by atoms with E-state index in [9.17, 15) is 27.6 Å². The summed E-state index contributed by atoms with van der Waals surface area (Å²) in [5.74, 6) is -1.36. The third kappa shape index (κ3) is 5.82. The van der Waals surface area contributed by atoms with Crippen LogP contribution < -0.4 is 10.6 Å². The number of hydrogen-bond acceptors (Lipinski definition) is 10. The molecule has 1 saturated heterocycles. The van der Waals surface area contributed by atoms with Gasteiger partial charge in [-0.1, -0.05) is 0 Å². The van der Waals surface area contributed by atoms with Gasteiger partial charge in [0.05, 0.1) is 42.9 Å². The minimum absolute atomic E-state index is 0.00594. The van der Waals surface area contributed by atoms with Gasteiger partial charge in [-0.3, -0.25) is 14.9 Å². The van der Waals surface area contributed by atoms with Crippen LogP contribution >= 0.6 is 11.3 Å². The molecule has 0 unspecified atom stereocenters. The maximum absolute atomic E-state index is 13.2. The Kier molecular flexibility index (Phi) is 8.49. The summed E-state index contributed by atoms with van der Waals surface area (Å²) in [5.41, 5.74) is 0.128. The molecule has 2 N–H and O–H groups in total. The predicted octanol–water partition coefficient (Wildman–Crippen LogP) is 2.77. The van der Waals surface area contributed by atoms with Gasteiger partial charge in [-0.25, -0.2) is 18.0 Å². The van der Waals surface area contributed by atoms with Crippen molar-refractivity contribution < 1.29 is 41.8 Å². The minimum atomic E-state index is -3.86. The van der Waals surface area contributed by atoms with Crippen LogP contribution in [0.3, 0.4) is 0 Å². The van der Waals surface area contributed by atoms with E-state index in [0.29, 0.717) is 16.9 Å². The third-order valence-corrected chi connectivity index (χ3v) is 9.66. The summed E-state index contributed by atoms with van der Waals surface area (Å²) < 4.78 is 42.4. The first-order valence-corrected chi connectivity index (χ1v) is 14.6. The highest BCUT2D eigenvalue weighted by Crippen LogP contribution is 2.38. The Hall–Kier alpha value is -3.53. The fourth-order valence-corrected chi connectivity index (χ4v) is 7.32. The largest absolute Gasteiger partial charge is 0.453 e. The van der Waals surface area contributed by atoms with Gasteiger partial charge >= 0.3 is 12.2 Å². The van der Waals surface area contributed by atoms with Crippen molar-refractivity contribution in [1.29, 1.82) is 0 Å². The first-order valence-electron chi connectivity index (χ1n) is 12.4. The molecule has 0 spiro atoms. The van der Waals surface area contributed by atoms with Crippen LogP contribution in [0.15, 0.2) is 29.2 Å². The Morgan fingerprint density at radius 2 is 1.82 bits per heavy atom. The minimum Gasteiger partial charge on any atom is -0.453 e. The normalized spacial score (nSPS) is 16.6. The Balaban J connectivity index is 1.59. The molecule has 216 valence electrons. The fourth-order valence-electron chi connectivity index (χ4n) is 4.41. The highest BCUT2D eigenvalue weighted by atomic mass is 32.2. The van der Waals surface area contributed by atoms with E-state index in [2.05, 4.69) is 15.4 Å². The van der Waals surface area contributed by atoms with Gasteiger partial charge in [0.25, 0.3) is 11.8 Å². The summed E-state index contributed by atoms with van der Waals surface area (Å²) in [6.45, 7) is 6.08. The number of anilines is 1. The lowest BCUT2D eigenvalue weighted by atomic mass is 10.0. The number of thiophene rings is 1. The van der Waals surface area contributed by atoms with Gasteiger partial charge in [-0.05, 0) is 57.0 Å². The number of amides is 4. The molecule has 0 saturated carbocycles. The maximum Gasteiger partial charge on any atom is 0.413 e. The van der Waals surface area contributed by atoms with E-state index in [1.54, 1.807) is 20.8 Å². The molecule has 0 radical (unpaired) electrons. The molecule has 1 fully saturated rings. The average molecular weight is 595 g/mol. The van der Waals surface area contributed by atoms with Gasteiger partial charge in [0.1, 0.15) is 11.7 Å². The first kappa shape index (κ1) is 29.5. The van der Waals surface area contributed by atoms with Crippen molar-refractivity contribution in [2.45, 2.75) is 44.2 Å². The number of hydrogen-bond donors (Lipinski definition) is 2. The first-order chi connectivity index (χ1) is 18.9. The molecule has 0 atom stereocenters. The van der Waals surface area contributed by atoms with Crippen LogP contribution in [-0.2, 0) is 37.2 Å². The molecule has 13 nitrogen and oxygen atoms in total. The number of nitrogens with zero attached hydrogens (tertiary/aromatic N) is 2. The molecular formula is C25H30N4O9S2. The van der Waals surface area contributed by atoms with Gasteiger partial charge in [-0.15, -0.1) is 11.3 Å². The van der Waals surface area contributed by atoms with E-state index >= 15 is 0 Å². The smallest absolute Gasteiger partial charge is 0.413 e. The summed E-state index contributed by atoms with van der Waals surface area (Å²) in [5, 5.41) is 5.00. The monoisotopic (exact) mass is 594 g/mol. The van der Waals surface area contributed by atoms with Crippen LogP contribution in [0.4, 0.5) is 14.6 Å². The van der Waals surface area contributed by atoms with Crippen LogP contribution in [0, 0.1) is 0 Å². The van der Waals surface area contributed by atoms with Crippen molar-refractivity contribution in [3.05, 3.63) is 45.8 Å². The van der Waals surface area contributed by atoms with Crippen LogP contribution in [0.5, 0.6) is 0 Å².